The molecule has 1 heterocycles. The van der Waals surface area contributed by atoms with Gasteiger partial charge in [0.15, 0.2) is 12.6 Å². The number of carbonyl (C=O) groups is 3. The molecule has 0 aromatic heterocycles. The van der Waals surface area contributed by atoms with Gasteiger partial charge >= 0.3 is 18.0 Å². The lowest BCUT2D eigenvalue weighted by molar-refractivity contribution is -0.799. The highest BCUT2D eigenvalue weighted by molar-refractivity contribution is 7.99. The SMILES string of the molecule is COc1ccc(CSCC(=O)[N+]2(C(SCc3ccc(OC)cc3)C(=O)O)C(=O)OC[C@@H]2c2ccccc2)cc1. The molecule has 1 saturated heterocycles. The summed E-state index contributed by atoms with van der Waals surface area (Å²) in [5.41, 5.74) is 2.50. The summed E-state index contributed by atoms with van der Waals surface area (Å²) in [5, 5.41) is 9.01. The first-order valence-electron chi connectivity index (χ1n) is 12.2. The van der Waals surface area contributed by atoms with Gasteiger partial charge in [-0.15, -0.1) is 16.2 Å². The van der Waals surface area contributed by atoms with Crippen LogP contribution in [0.4, 0.5) is 4.79 Å². The standard InChI is InChI=1S/C29H29NO7S2/c1-35-23-12-8-20(9-13-23)17-38-19-26(31)30(25(16-37-29(30)34)22-6-4-3-5-7-22)27(28(32)33)39-18-21-10-14-24(36-2)15-11-21/h3-15,25,27H,16-19H2,1-2H3/p+1/t25-,27?,30?/m1/s1. The Labute approximate surface area is 235 Å². The van der Waals surface area contributed by atoms with E-state index in [0.717, 1.165) is 28.6 Å². The number of benzene rings is 3. The molecule has 4 rings (SSSR count). The summed E-state index contributed by atoms with van der Waals surface area (Å²) in [6.07, 6.45) is -0.839. The number of carboxylic acids is 1. The Balaban J connectivity index is 1.63. The van der Waals surface area contributed by atoms with Gasteiger partial charge in [-0.25, -0.2) is 9.59 Å². The number of quaternary nitrogens is 1. The van der Waals surface area contributed by atoms with E-state index in [1.165, 1.54) is 11.8 Å². The van der Waals surface area contributed by atoms with Gasteiger partial charge in [-0.2, -0.15) is 4.79 Å². The Bertz CT molecular complexity index is 1290. The molecule has 3 aromatic carbocycles. The van der Waals surface area contributed by atoms with Crippen molar-refractivity contribution < 1.29 is 38.2 Å². The molecule has 3 atom stereocenters. The van der Waals surface area contributed by atoms with E-state index in [0.29, 0.717) is 17.1 Å². The Hall–Kier alpha value is -3.47. The average Bonchev–Trinajstić information content (AvgIpc) is 3.31. The van der Waals surface area contributed by atoms with E-state index in [-0.39, 0.29) is 18.1 Å². The van der Waals surface area contributed by atoms with Gasteiger partial charge in [0.2, 0.25) is 0 Å². The second-order valence-corrected chi connectivity index (χ2v) is 10.9. The van der Waals surface area contributed by atoms with Crippen LogP contribution in [0.5, 0.6) is 11.5 Å². The minimum absolute atomic E-state index is 0.0582. The van der Waals surface area contributed by atoms with Crippen LogP contribution in [0.1, 0.15) is 22.7 Å². The summed E-state index contributed by atoms with van der Waals surface area (Å²) >= 11 is 2.37. The third-order valence-electron chi connectivity index (χ3n) is 6.56. The van der Waals surface area contributed by atoms with Crippen LogP contribution in [0, 0.1) is 0 Å². The topological polar surface area (TPSA) is 99.1 Å². The van der Waals surface area contributed by atoms with Crippen LogP contribution in [0.25, 0.3) is 0 Å². The fourth-order valence-electron chi connectivity index (χ4n) is 4.52. The molecule has 10 heteroatoms. The van der Waals surface area contributed by atoms with Crippen LogP contribution >= 0.6 is 23.5 Å². The number of nitrogens with zero attached hydrogens (tertiary/aromatic N) is 1. The number of ether oxygens (including phenoxy) is 3. The van der Waals surface area contributed by atoms with E-state index in [1.807, 2.05) is 42.5 Å². The fourth-order valence-corrected chi connectivity index (χ4v) is 6.71. The lowest BCUT2D eigenvalue weighted by atomic mass is 10.0. The van der Waals surface area contributed by atoms with E-state index in [2.05, 4.69) is 0 Å². The minimum Gasteiger partial charge on any atom is -0.497 e. The quantitative estimate of drug-likeness (QED) is 0.283. The van der Waals surface area contributed by atoms with Crippen LogP contribution in [-0.2, 0) is 25.8 Å². The summed E-state index contributed by atoms with van der Waals surface area (Å²) in [4.78, 5) is 40.3. The molecule has 0 saturated carbocycles. The highest BCUT2D eigenvalue weighted by Gasteiger charge is 2.65. The first-order chi connectivity index (χ1) is 18.9. The van der Waals surface area contributed by atoms with Gasteiger partial charge in [0.05, 0.1) is 14.2 Å². The van der Waals surface area contributed by atoms with Crippen molar-refractivity contribution in [2.45, 2.75) is 22.9 Å². The molecule has 1 aliphatic rings. The number of amides is 2. The van der Waals surface area contributed by atoms with Crippen LogP contribution in [-0.4, -0.2) is 59.5 Å². The molecule has 1 fully saturated rings. The second kappa shape index (κ2) is 13.1. The molecule has 2 unspecified atom stereocenters. The highest BCUT2D eigenvalue weighted by Crippen LogP contribution is 2.44. The van der Waals surface area contributed by atoms with Crippen molar-refractivity contribution in [2.24, 2.45) is 0 Å². The van der Waals surface area contributed by atoms with Crippen molar-refractivity contribution in [1.29, 1.82) is 0 Å². The predicted molar refractivity (Wildman–Crippen MR) is 151 cm³/mol. The molecule has 0 aliphatic carbocycles. The lowest BCUT2D eigenvalue weighted by Gasteiger charge is -2.35. The number of carboxylic acid groups (broad SMARTS) is 1. The number of rotatable bonds is 12. The highest BCUT2D eigenvalue weighted by atomic mass is 32.2. The maximum absolute atomic E-state index is 14.0. The van der Waals surface area contributed by atoms with E-state index in [4.69, 9.17) is 14.2 Å². The van der Waals surface area contributed by atoms with Crippen molar-refractivity contribution in [1.82, 2.24) is 0 Å². The molecular weight excluding hydrogens is 538 g/mol. The first-order valence-corrected chi connectivity index (χ1v) is 14.4. The molecule has 0 spiro atoms. The molecule has 1 N–H and O–H groups in total. The van der Waals surface area contributed by atoms with Gasteiger partial charge in [-0.05, 0) is 35.4 Å². The fraction of sp³-hybridized carbons (Fsp3) is 0.276. The van der Waals surface area contributed by atoms with E-state index < -0.39 is 33.9 Å². The number of carbonyl (C=O) groups excluding carboxylic acids is 2. The zero-order chi connectivity index (χ0) is 27.8. The Morgan fingerprint density at radius 1 is 0.923 bits per heavy atom. The van der Waals surface area contributed by atoms with Crippen molar-refractivity contribution in [3.8, 4) is 11.5 Å². The summed E-state index contributed by atoms with van der Waals surface area (Å²) in [6, 6.07) is 23.0. The molecule has 1 aliphatic heterocycles. The molecule has 3 aromatic rings. The molecule has 2 amide bonds. The number of thioether (sulfide) groups is 2. The smallest absolute Gasteiger partial charge is 0.497 e. The third-order valence-corrected chi connectivity index (χ3v) is 8.90. The van der Waals surface area contributed by atoms with Crippen LogP contribution < -0.4 is 9.47 Å². The summed E-state index contributed by atoms with van der Waals surface area (Å²) in [7, 11) is 3.16. The maximum Gasteiger partial charge on any atom is 0.525 e. The summed E-state index contributed by atoms with van der Waals surface area (Å²) < 4.78 is 14.9. The van der Waals surface area contributed by atoms with Gasteiger partial charge in [0.1, 0.15) is 17.3 Å². The largest absolute Gasteiger partial charge is 0.525 e. The molecular formula is C29H30NO7S2+. The number of hydrogen-bond donors (Lipinski definition) is 1. The lowest BCUT2D eigenvalue weighted by Crippen LogP contribution is -2.63. The van der Waals surface area contributed by atoms with E-state index in [9.17, 15) is 19.5 Å². The summed E-state index contributed by atoms with van der Waals surface area (Å²) in [6.45, 7) is -0.0788. The number of hydrogen-bond acceptors (Lipinski definition) is 8. The Morgan fingerprint density at radius 3 is 2.03 bits per heavy atom. The zero-order valence-corrected chi connectivity index (χ0v) is 23.3. The van der Waals surface area contributed by atoms with Gasteiger partial charge < -0.3 is 19.3 Å². The average molecular weight is 569 g/mol. The van der Waals surface area contributed by atoms with Gasteiger partial charge in [-0.1, -0.05) is 66.4 Å². The molecule has 8 nitrogen and oxygen atoms in total. The van der Waals surface area contributed by atoms with Crippen LogP contribution in [0.3, 0.4) is 0 Å². The molecule has 204 valence electrons. The Kier molecular flexibility index (Phi) is 9.55. The molecule has 0 bridgehead atoms. The summed E-state index contributed by atoms with van der Waals surface area (Å²) in [5.74, 6) is 0.393. The zero-order valence-electron chi connectivity index (χ0n) is 21.6. The number of imide groups is 1. The monoisotopic (exact) mass is 568 g/mol. The normalized spacial score (nSPS) is 19.2. The van der Waals surface area contributed by atoms with Crippen molar-refractivity contribution in [3.05, 3.63) is 95.6 Å². The molecule has 0 radical (unpaired) electrons. The maximum atomic E-state index is 14.0. The number of methoxy groups -OCH3 is 2. The van der Waals surface area contributed by atoms with Gasteiger partial charge in [0.25, 0.3) is 5.37 Å². The van der Waals surface area contributed by atoms with Gasteiger partial charge in [-0.3, -0.25) is 0 Å². The van der Waals surface area contributed by atoms with Crippen LogP contribution in [0.2, 0.25) is 0 Å². The Morgan fingerprint density at radius 2 is 1.49 bits per heavy atom. The third kappa shape index (κ3) is 6.24. The number of cyclic esters (lactones) is 1. The molecule has 39 heavy (non-hydrogen) atoms. The number of aliphatic carboxylic acids is 1. The van der Waals surface area contributed by atoms with E-state index in [1.54, 1.807) is 50.6 Å². The van der Waals surface area contributed by atoms with Gasteiger partial charge in [0, 0.05) is 17.1 Å². The van der Waals surface area contributed by atoms with Crippen molar-refractivity contribution in [2.75, 3.05) is 26.6 Å². The van der Waals surface area contributed by atoms with E-state index >= 15 is 0 Å². The predicted octanol–water partition coefficient (Wildman–Crippen LogP) is 5.52. The first kappa shape index (κ1) is 28.5. The minimum atomic E-state index is -1.40. The van der Waals surface area contributed by atoms with Crippen molar-refractivity contribution >= 4 is 41.5 Å². The second-order valence-electron chi connectivity index (χ2n) is 8.86. The van der Waals surface area contributed by atoms with Crippen molar-refractivity contribution in [3.63, 3.8) is 0 Å². The van der Waals surface area contributed by atoms with Crippen LogP contribution in [0.15, 0.2) is 78.9 Å².